The van der Waals surface area contributed by atoms with Crippen LogP contribution in [-0.4, -0.2) is 25.5 Å². The van der Waals surface area contributed by atoms with Gasteiger partial charge in [-0.3, -0.25) is 0 Å². The minimum absolute atomic E-state index is 0.110. The first-order valence-corrected chi connectivity index (χ1v) is 8.48. The molecule has 0 aromatic heterocycles. The summed E-state index contributed by atoms with van der Waals surface area (Å²) < 4.78 is 58.5. The number of ether oxygens (including phenoxy) is 1. The number of nitrogens with zero attached hydrogens (tertiary/aromatic N) is 1. The Morgan fingerprint density at radius 3 is 2.38 bits per heavy atom. The maximum absolute atomic E-state index is 13.4. The van der Waals surface area contributed by atoms with Gasteiger partial charge in [0.15, 0.2) is 0 Å². The smallest absolute Gasteiger partial charge is 0.361 e. The van der Waals surface area contributed by atoms with Crippen LogP contribution in [0, 0.1) is 5.82 Å². The fourth-order valence-corrected chi connectivity index (χ4v) is 3.52. The van der Waals surface area contributed by atoms with Crippen LogP contribution < -0.4 is 0 Å². The third-order valence-corrected chi connectivity index (χ3v) is 4.79. The van der Waals surface area contributed by atoms with E-state index in [2.05, 4.69) is 0 Å². The molecule has 1 aliphatic rings. The van der Waals surface area contributed by atoms with Crippen LogP contribution in [0.5, 0.6) is 0 Å². The zero-order chi connectivity index (χ0) is 18.9. The largest absolute Gasteiger partial charge is 0.416 e. The highest BCUT2D eigenvalue weighted by molar-refractivity contribution is 5.46. The maximum atomic E-state index is 13.4. The Morgan fingerprint density at radius 2 is 1.77 bits per heavy atom. The predicted octanol–water partition coefficient (Wildman–Crippen LogP) is 4.96. The van der Waals surface area contributed by atoms with Crippen LogP contribution in [0.15, 0.2) is 42.5 Å². The quantitative estimate of drug-likeness (QED) is 0.693. The zero-order valence-electron chi connectivity index (χ0n) is 14.7. The van der Waals surface area contributed by atoms with Crippen LogP contribution >= 0.6 is 0 Å². The molecule has 2 aromatic rings. The highest BCUT2D eigenvalue weighted by Gasteiger charge is 2.42. The summed E-state index contributed by atoms with van der Waals surface area (Å²) in [5.74, 6) is -0.358. The molecule has 0 aliphatic carbocycles. The molecule has 0 saturated carbocycles. The van der Waals surface area contributed by atoms with Crippen LogP contribution in [-0.2, 0) is 23.1 Å². The van der Waals surface area contributed by atoms with E-state index in [-0.39, 0.29) is 12.4 Å². The Morgan fingerprint density at radius 1 is 1.08 bits per heavy atom. The molecule has 140 valence electrons. The average Bonchev–Trinajstić information content (AvgIpc) is 2.94. The molecule has 1 aliphatic heterocycles. The summed E-state index contributed by atoms with van der Waals surface area (Å²) in [5.41, 5.74) is 0.507. The van der Waals surface area contributed by atoms with Crippen LogP contribution in [0.1, 0.15) is 35.1 Å². The molecule has 1 unspecified atom stereocenters. The fourth-order valence-electron chi connectivity index (χ4n) is 3.52. The van der Waals surface area contributed by atoms with E-state index in [1.54, 1.807) is 12.1 Å². The Balaban J connectivity index is 2.02. The second kappa shape index (κ2) is 7.00. The van der Waals surface area contributed by atoms with Gasteiger partial charge in [-0.2, -0.15) is 13.2 Å². The van der Waals surface area contributed by atoms with Gasteiger partial charge in [-0.15, -0.1) is 0 Å². The third-order valence-electron chi connectivity index (χ3n) is 4.79. The number of hydrogen-bond acceptors (Lipinski definition) is 2. The highest BCUT2D eigenvalue weighted by atomic mass is 19.4. The first-order valence-electron chi connectivity index (χ1n) is 8.48. The van der Waals surface area contributed by atoms with E-state index in [1.807, 2.05) is 19.0 Å². The molecule has 0 amide bonds. The lowest BCUT2D eigenvalue weighted by Gasteiger charge is -2.31. The fraction of sp³-hybridized carbons (Fsp3) is 0.400. The van der Waals surface area contributed by atoms with Crippen molar-refractivity contribution in [2.45, 2.75) is 31.2 Å². The van der Waals surface area contributed by atoms with E-state index < -0.39 is 17.3 Å². The van der Waals surface area contributed by atoms with Gasteiger partial charge in [0.25, 0.3) is 0 Å². The molecule has 1 atom stereocenters. The minimum atomic E-state index is -4.39. The average molecular weight is 367 g/mol. The van der Waals surface area contributed by atoms with E-state index in [4.69, 9.17) is 4.74 Å². The molecular formula is C20H21F4NO. The van der Waals surface area contributed by atoms with Crippen LogP contribution in [0.4, 0.5) is 17.6 Å². The lowest BCUT2D eigenvalue weighted by atomic mass is 9.81. The molecule has 2 aromatic carbocycles. The van der Waals surface area contributed by atoms with Gasteiger partial charge >= 0.3 is 6.18 Å². The van der Waals surface area contributed by atoms with E-state index in [0.717, 1.165) is 36.2 Å². The van der Waals surface area contributed by atoms with Gasteiger partial charge in [-0.1, -0.05) is 18.2 Å². The lowest BCUT2D eigenvalue weighted by molar-refractivity contribution is -0.137. The van der Waals surface area contributed by atoms with Crippen molar-refractivity contribution in [2.75, 3.05) is 20.6 Å². The standard InChI is InChI=1S/C20H21F4NO/c1-25(2)11-3-10-19(15-4-7-17(21)8-5-15)18-9-6-16(20(22,23)24)12-14(18)13-26-19/h4-9,12H,3,10-11,13H2,1-2H3. The van der Waals surface area contributed by atoms with Crippen molar-refractivity contribution in [3.05, 3.63) is 70.5 Å². The number of rotatable bonds is 5. The normalized spacial score (nSPS) is 19.8. The Labute approximate surface area is 150 Å². The van der Waals surface area contributed by atoms with Crippen LogP contribution in [0.25, 0.3) is 0 Å². The molecule has 0 spiro atoms. The van der Waals surface area contributed by atoms with Crippen LogP contribution in [0.3, 0.4) is 0 Å². The van der Waals surface area contributed by atoms with Gasteiger partial charge in [-0.25, -0.2) is 4.39 Å². The molecule has 3 rings (SSSR count). The molecule has 0 fully saturated rings. The van der Waals surface area contributed by atoms with E-state index in [1.165, 1.54) is 18.2 Å². The summed E-state index contributed by atoms with van der Waals surface area (Å²) >= 11 is 0. The summed E-state index contributed by atoms with van der Waals surface area (Å²) in [6, 6.07) is 9.77. The summed E-state index contributed by atoms with van der Waals surface area (Å²) in [6.07, 6.45) is -2.99. The molecule has 0 radical (unpaired) electrons. The Hall–Kier alpha value is -1.92. The summed E-state index contributed by atoms with van der Waals surface area (Å²) in [6.45, 7) is 0.931. The maximum Gasteiger partial charge on any atom is 0.416 e. The van der Waals surface area contributed by atoms with Crippen molar-refractivity contribution in [1.82, 2.24) is 4.90 Å². The van der Waals surface area contributed by atoms with E-state index in [9.17, 15) is 17.6 Å². The number of hydrogen-bond donors (Lipinski definition) is 0. The third kappa shape index (κ3) is 3.62. The second-order valence-electron chi connectivity index (χ2n) is 6.90. The monoisotopic (exact) mass is 367 g/mol. The van der Waals surface area contributed by atoms with Gasteiger partial charge in [-0.05, 0) is 74.4 Å². The number of benzene rings is 2. The summed E-state index contributed by atoms with van der Waals surface area (Å²) in [5, 5.41) is 0. The molecular weight excluding hydrogens is 346 g/mol. The summed E-state index contributed by atoms with van der Waals surface area (Å²) in [7, 11) is 3.92. The van der Waals surface area contributed by atoms with Gasteiger partial charge in [0, 0.05) is 0 Å². The van der Waals surface area contributed by atoms with Crippen molar-refractivity contribution in [3.63, 3.8) is 0 Å². The lowest BCUT2D eigenvalue weighted by Crippen LogP contribution is -2.28. The molecule has 0 bridgehead atoms. The zero-order valence-corrected chi connectivity index (χ0v) is 14.7. The number of fused-ring (bicyclic) bond motifs is 1. The number of halogens is 4. The molecule has 2 nitrogen and oxygen atoms in total. The Kier molecular flexibility index (Phi) is 5.08. The van der Waals surface area contributed by atoms with Gasteiger partial charge < -0.3 is 9.64 Å². The van der Waals surface area contributed by atoms with E-state index >= 15 is 0 Å². The number of alkyl halides is 3. The topological polar surface area (TPSA) is 12.5 Å². The Bertz CT molecular complexity index is 770. The van der Waals surface area contributed by atoms with Crippen molar-refractivity contribution in [2.24, 2.45) is 0 Å². The van der Waals surface area contributed by atoms with Crippen molar-refractivity contribution < 1.29 is 22.3 Å². The van der Waals surface area contributed by atoms with Crippen molar-refractivity contribution in [3.8, 4) is 0 Å². The SMILES string of the molecule is CN(C)CCCC1(c2ccc(F)cc2)OCc2cc(C(F)(F)F)ccc21. The van der Waals surface area contributed by atoms with Gasteiger partial charge in [0.05, 0.1) is 12.2 Å². The predicted molar refractivity (Wildman–Crippen MR) is 91.2 cm³/mol. The highest BCUT2D eigenvalue weighted by Crippen LogP contribution is 2.46. The van der Waals surface area contributed by atoms with Crippen molar-refractivity contribution >= 4 is 0 Å². The molecule has 0 N–H and O–H groups in total. The minimum Gasteiger partial charge on any atom is -0.361 e. The first kappa shape index (κ1) is 18.9. The van der Waals surface area contributed by atoms with Crippen LogP contribution in [0.2, 0.25) is 0 Å². The van der Waals surface area contributed by atoms with Gasteiger partial charge in [0.1, 0.15) is 11.4 Å². The van der Waals surface area contributed by atoms with E-state index in [0.29, 0.717) is 12.0 Å². The second-order valence-corrected chi connectivity index (χ2v) is 6.90. The van der Waals surface area contributed by atoms with Crippen molar-refractivity contribution in [1.29, 1.82) is 0 Å². The summed E-state index contributed by atoms with van der Waals surface area (Å²) in [4.78, 5) is 2.04. The molecule has 0 saturated heterocycles. The molecule has 6 heteroatoms. The molecule has 26 heavy (non-hydrogen) atoms. The molecule has 1 heterocycles. The van der Waals surface area contributed by atoms with Gasteiger partial charge in [0.2, 0.25) is 0 Å². The first-order chi connectivity index (χ1) is 12.2.